The van der Waals surface area contributed by atoms with Crippen LogP contribution in [0.25, 0.3) is 0 Å². The average molecular weight is 717 g/mol. The lowest BCUT2D eigenvalue weighted by Crippen LogP contribution is -2.54. The molecule has 13 nitrogen and oxygen atoms in total. The van der Waals surface area contributed by atoms with Gasteiger partial charge in [-0.2, -0.15) is 9.57 Å². The highest BCUT2D eigenvalue weighted by Gasteiger charge is 2.61. The zero-order valence-electron chi connectivity index (χ0n) is 29.3. The molecule has 3 aliphatic rings. The number of carbonyl (C=O) groups excluding carboxylic acids is 2. The third kappa shape index (κ3) is 6.73. The van der Waals surface area contributed by atoms with Crippen molar-refractivity contribution in [3.63, 3.8) is 0 Å². The van der Waals surface area contributed by atoms with Crippen molar-refractivity contribution in [1.29, 1.82) is 5.26 Å². The highest BCUT2D eigenvalue weighted by atomic mass is 32.2. The first-order chi connectivity index (χ1) is 24.7. The van der Waals surface area contributed by atoms with Gasteiger partial charge in [0, 0.05) is 57.1 Å². The van der Waals surface area contributed by atoms with Gasteiger partial charge in [-0.1, -0.05) is 19.1 Å². The van der Waals surface area contributed by atoms with Gasteiger partial charge in [0.05, 0.1) is 36.1 Å². The number of fused-ring (bicyclic) bond motifs is 1. The summed E-state index contributed by atoms with van der Waals surface area (Å²) in [5.74, 6) is -1.02. The molecule has 0 radical (unpaired) electrons. The van der Waals surface area contributed by atoms with Crippen molar-refractivity contribution in [3.05, 3.63) is 77.5 Å². The summed E-state index contributed by atoms with van der Waals surface area (Å²) < 4.78 is 47.7. The number of sulfonamides is 1. The van der Waals surface area contributed by atoms with Gasteiger partial charge in [-0.3, -0.25) is 9.69 Å². The fraction of sp³-hybridized carbons (Fsp3) is 0.459. The highest BCUT2D eigenvalue weighted by Crippen LogP contribution is 2.52. The lowest BCUT2D eigenvalue weighted by Gasteiger charge is -2.43. The van der Waals surface area contributed by atoms with Gasteiger partial charge in [0.15, 0.2) is 0 Å². The number of piperazine rings is 1. The second-order valence-electron chi connectivity index (χ2n) is 12.7. The number of likely N-dealkylation sites (tertiary alicyclic amines) is 1. The predicted molar refractivity (Wildman–Crippen MR) is 189 cm³/mol. The van der Waals surface area contributed by atoms with Crippen molar-refractivity contribution in [2.45, 2.75) is 56.6 Å². The Hall–Kier alpha value is -4.71. The molecular weight excluding hydrogens is 673 g/mol. The fourth-order valence-electron chi connectivity index (χ4n) is 7.31. The number of hydrogen-bond acceptors (Lipinski definition) is 11. The number of anilines is 1. The van der Waals surface area contributed by atoms with E-state index in [2.05, 4.69) is 27.8 Å². The van der Waals surface area contributed by atoms with E-state index >= 15 is 4.79 Å². The van der Waals surface area contributed by atoms with Gasteiger partial charge in [0.1, 0.15) is 10.6 Å². The van der Waals surface area contributed by atoms with Gasteiger partial charge in [-0.15, -0.1) is 0 Å². The van der Waals surface area contributed by atoms with Crippen molar-refractivity contribution in [3.8, 4) is 17.7 Å². The molecule has 1 atom stereocenters. The first-order valence-corrected chi connectivity index (χ1v) is 19.0. The Bertz CT molecular complexity index is 1900. The standard InChI is InChI=1S/C37H44N6O7S/c1-4-18-40-21-23-41(24-22-40)28-15-19-42(20-16-28)36(45)50-37(29-10-9-17-39-34(29)49-6-3)30-25-27(26-38)13-14-31(30)43(35(37)44)51(46,47)33-12-8-7-11-32(33)48-5-2/h7-14,17,25,28H,4-6,15-16,18-24H2,1-3H3. The summed E-state index contributed by atoms with van der Waals surface area (Å²) >= 11 is 0. The van der Waals surface area contributed by atoms with Crippen LogP contribution in [-0.4, -0.2) is 105 Å². The fourth-order valence-corrected chi connectivity index (χ4v) is 8.90. The minimum absolute atomic E-state index is 0.00570. The van der Waals surface area contributed by atoms with E-state index in [1.807, 2.05) is 0 Å². The molecule has 3 aliphatic heterocycles. The Morgan fingerprint density at radius 2 is 1.67 bits per heavy atom. The molecule has 270 valence electrons. The minimum atomic E-state index is -4.67. The second-order valence-corrected chi connectivity index (χ2v) is 14.5. The number of rotatable bonds is 11. The van der Waals surface area contributed by atoms with Crippen LogP contribution >= 0.6 is 0 Å². The van der Waals surface area contributed by atoms with Crippen LogP contribution in [0.3, 0.4) is 0 Å². The normalized spacial score (nSPS) is 20.2. The SMILES string of the molecule is CCCN1CCN(C2CCN(C(=O)OC3(c4cccnc4OCC)C(=O)N(S(=O)(=O)c4ccccc4OCC)c4ccc(C#N)cc43)CC2)CC1. The second kappa shape index (κ2) is 15.3. The number of pyridine rings is 1. The van der Waals surface area contributed by atoms with Gasteiger partial charge in [-0.25, -0.2) is 18.2 Å². The van der Waals surface area contributed by atoms with Crippen LogP contribution in [-0.2, 0) is 25.2 Å². The molecule has 0 saturated carbocycles. The van der Waals surface area contributed by atoms with E-state index in [4.69, 9.17) is 14.2 Å². The Labute approximate surface area is 299 Å². The number of hydrogen-bond donors (Lipinski definition) is 0. The maximum atomic E-state index is 15.1. The lowest BCUT2D eigenvalue weighted by atomic mass is 9.87. The molecule has 2 saturated heterocycles. The van der Waals surface area contributed by atoms with Gasteiger partial charge in [0.25, 0.3) is 21.5 Å². The number of carbonyl (C=O) groups is 2. The predicted octanol–water partition coefficient (Wildman–Crippen LogP) is 4.36. The molecule has 14 heteroatoms. The molecule has 1 aromatic heterocycles. The number of piperidine rings is 1. The smallest absolute Gasteiger partial charge is 0.411 e. The van der Waals surface area contributed by atoms with Crippen LogP contribution in [0.15, 0.2) is 65.7 Å². The summed E-state index contributed by atoms with van der Waals surface area (Å²) in [6.07, 6.45) is 3.26. The zero-order valence-corrected chi connectivity index (χ0v) is 30.1. The molecule has 0 N–H and O–H groups in total. The maximum absolute atomic E-state index is 15.1. The van der Waals surface area contributed by atoms with Crippen molar-refractivity contribution in [2.75, 3.05) is 63.3 Å². The van der Waals surface area contributed by atoms with E-state index in [-0.39, 0.29) is 52.1 Å². The summed E-state index contributed by atoms with van der Waals surface area (Å²) in [7, 11) is -4.67. The Balaban J connectivity index is 1.40. The van der Waals surface area contributed by atoms with Crippen molar-refractivity contribution < 1.29 is 32.2 Å². The first-order valence-electron chi connectivity index (χ1n) is 17.6. The lowest BCUT2D eigenvalue weighted by molar-refractivity contribution is -0.132. The number of nitriles is 1. The number of benzene rings is 2. The molecule has 0 bridgehead atoms. The number of aromatic nitrogens is 1. The molecule has 4 heterocycles. The third-order valence-electron chi connectivity index (χ3n) is 9.73. The van der Waals surface area contributed by atoms with Crippen LogP contribution in [0.1, 0.15) is 56.7 Å². The van der Waals surface area contributed by atoms with Gasteiger partial charge < -0.3 is 24.0 Å². The van der Waals surface area contributed by atoms with Crippen molar-refractivity contribution in [1.82, 2.24) is 19.7 Å². The van der Waals surface area contributed by atoms with Crippen LogP contribution < -0.4 is 13.8 Å². The van der Waals surface area contributed by atoms with Crippen LogP contribution in [0.5, 0.6) is 11.6 Å². The average Bonchev–Trinajstić information content (AvgIpc) is 3.40. The quantitative estimate of drug-likeness (QED) is 0.279. The van der Waals surface area contributed by atoms with E-state index in [1.165, 1.54) is 48.7 Å². The number of ether oxygens (including phenoxy) is 3. The molecule has 0 aliphatic carbocycles. The zero-order chi connectivity index (χ0) is 36.2. The summed E-state index contributed by atoms with van der Waals surface area (Å²) in [5, 5.41) is 9.93. The first kappa shape index (κ1) is 36.1. The third-order valence-corrected chi connectivity index (χ3v) is 11.5. The number of amides is 2. The van der Waals surface area contributed by atoms with Crippen molar-refractivity contribution >= 4 is 27.7 Å². The van der Waals surface area contributed by atoms with Gasteiger partial charge in [0.2, 0.25) is 5.88 Å². The molecule has 2 amide bonds. The molecule has 3 aromatic rings. The van der Waals surface area contributed by atoms with Crippen molar-refractivity contribution in [2.24, 2.45) is 0 Å². The van der Waals surface area contributed by atoms with E-state index < -0.39 is 27.6 Å². The van der Waals surface area contributed by atoms with Crippen LogP contribution in [0.2, 0.25) is 0 Å². The van der Waals surface area contributed by atoms with E-state index in [1.54, 1.807) is 30.9 Å². The summed E-state index contributed by atoms with van der Waals surface area (Å²) in [6, 6.07) is 15.7. The highest BCUT2D eigenvalue weighted by molar-refractivity contribution is 7.93. The molecule has 2 fully saturated rings. The molecule has 1 unspecified atom stereocenters. The molecule has 0 spiro atoms. The Morgan fingerprint density at radius 3 is 2.35 bits per heavy atom. The maximum Gasteiger partial charge on any atom is 0.411 e. The Morgan fingerprint density at radius 1 is 0.941 bits per heavy atom. The van der Waals surface area contributed by atoms with Gasteiger partial charge in [-0.05, 0) is 82.1 Å². The van der Waals surface area contributed by atoms with Crippen LogP contribution in [0.4, 0.5) is 10.5 Å². The van der Waals surface area contributed by atoms with Gasteiger partial charge >= 0.3 is 6.09 Å². The minimum Gasteiger partial charge on any atom is -0.492 e. The number of para-hydroxylation sites is 1. The van der Waals surface area contributed by atoms with E-state index in [0.717, 1.165) is 52.0 Å². The van der Waals surface area contributed by atoms with Crippen LogP contribution in [0, 0.1) is 11.3 Å². The molecule has 6 rings (SSSR count). The molecular formula is C37H44N6O7S. The number of nitrogens with zero attached hydrogens (tertiary/aromatic N) is 6. The summed E-state index contributed by atoms with van der Waals surface area (Å²) in [6.45, 7) is 11.9. The Kier molecular flexibility index (Phi) is 10.8. The van der Waals surface area contributed by atoms with E-state index in [0.29, 0.717) is 23.4 Å². The topological polar surface area (TPSA) is 146 Å². The summed E-state index contributed by atoms with van der Waals surface area (Å²) in [4.78, 5) is 40.0. The molecule has 51 heavy (non-hydrogen) atoms. The van der Waals surface area contributed by atoms with E-state index in [9.17, 15) is 18.5 Å². The largest absolute Gasteiger partial charge is 0.492 e. The summed E-state index contributed by atoms with van der Waals surface area (Å²) in [5.41, 5.74) is -2.25. The molecule has 2 aromatic carbocycles. The monoisotopic (exact) mass is 716 g/mol.